The summed E-state index contributed by atoms with van der Waals surface area (Å²) >= 11 is 0. The van der Waals surface area contributed by atoms with Crippen LogP contribution in [0.2, 0.25) is 0 Å². The molecule has 0 aromatic heterocycles. The van der Waals surface area contributed by atoms with Crippen LogP contribution in [0.1, 0.15) is 29.2 Å². The second-order valence-electron chi connectivity index (χ2n) is 11.3. The standard InChI is InChI=1S/C43H35NO2/c1-31(2)43(45)46-41-28-20-37(21-29-41)42(36-12-8-5-9-13-36)30-33-16-24-39(25-17-33)44(38-22-14-32(3)15-23-38)40-26-18-35(19-27-40)34-10-6-4-7-11-34/h4-30H,1H2,2-3H3/b42-30-. The predicted molar refractivity (Wildman–Crippen MR) is 192 cm³/mol. The molecule has 0 bridgehead atoms. The number of rotatable bonds is 9. The van der Waals surface area contributed by atoms with E-state index in [9.17, 15) is 4.79 Å². The topological polar surface area (TPSA) is 29.5 Å². The van der Waals surface area contributed by atoms with Gasteiger partial charge in [-0.2, -0.15) is 0 Å². The van der Waals surface area contributed by atoms with Crippen molar-refractivity contribution in [1.29, 1.82) is 0 Å². The summed E-state index contributed by atoms with van der Waals surface area (Å²) in [5, 5.41) is 0. The average Bonchev–Trinajstić information content (AvgIpc) is 3.10. The van der Waals surface area contributed by atoms with E-state index in [0.717, 1.165) is 39.3 Å². The van der Waals surface area contributed by atoms with Gasteiger partial charge in [-0.05, 0) is 102 Å². The van der Waals surface area contributed by atoms with Gasteiger partial charge in [0.05, 0.1) is 0 Å². The SMILES string of the molecule is C=C(C)C(=O)Oc1ccc(/C(=C\c2ccc(N(c3ccc(C)cc3)c3ccc(-c4ccccc4)cc3)cc2)c2ccccc2)cc1. The van der Waals surface area contributed by atoms with Gasteiger partial charge in [0.15, 0.2) is 0 Å². The van der Waals surface area contributed by atoms with Crippen LogP contribution >= 0.6 is 0 Å². The van der Waals surface area contributed by atoms with E-state index >= 15 is 0 Å². The number of nitrogens with zero attached hydrogens (tertiary/aromatic N) is 1. The Balaban J connectivity index is 1.34. The summed E-state index contributed by atoms with van der Waals surface area (Å²) in [6.07, 6.45) is 2.19. The quantitative estimate of drug-likeness (QED) is 0.0719. The van der Waals surface area contributed by atoms with Crippen molar-refractivity contribution in [2.45, 2.75) is 13.8 Å². The lowest BCUT2D eigenvalue weighted by atomic mass is 9.95. The lowest BCUT2D eigenvalue weighted by molar-refractivity contribution is -0.130. The molecule has 0 saturated heterocycles. The maximum atomic E-state index is 12.0. The summed E-state index contributed by atoms with van der Waals surface area (Å²) < 4.78 is 5.42. The Hall–Kier alpha value is -5.93. The van der Waals surface area contributed by atoms with Crippen LogP contribution in [0.4, 0.5) is 17.1 Å². The highest BCUT2D eigenvalue weighted by atomic mass is 16.5. The van der Waals surface area contributed by atoms with Crippen molar-refractivity contribution in [1.82, 2.24) is 0 Å². The number of anilines is 3. The van der Waals surface area contributed by atoms with Crippen LogP contribution in [-0.4, -0.2) is 5.97 Å². The number of hydrogen-bond acceptors (Lipinski definition) is 3. The van der Waals surface area contributed by atoms with Crippen molar-refractivity contribution >= 4 is 34.7 Å². The van der Waals surface area contributed by atoms with Gasteiger partial charge in [-0.1, -0.05) is 121 Å². The molecule has 3 nitrogen and oxygen atoms in total. The first-order chi connectivity index (χ1) is 22.4. The fourth-order valence-corrected chi connectivity index (χ4v) is 5.31. The van der Waals surface area contributed by atoms with Crippen LogP contribution in [0.5, 0.6) is 5.75 Å². The van der Waals surface area contributed by atoms with Crippen molar-refractivity contribution in [3.8, 4) is 16.9 Å². The minimum atomic E-state index is -0.432. The van der Waals surface area contributed by atoms with Gasteiger partial charge in [0.2, 0.25) is 0 Å². The Morgan fingerprint density at radius 1 is 0.587 bits per heavy atom. The molecule has 0 heterocycles. The minimum Gasteiger partial charge on any atom is -0.423 e. The van der Waals surface area contributed by atoms with Crippen molar-refractivity contribution in [3.05, 3.63) is 192 Å². The van der Waals surface area contributed by atoms with E-state index in [1.54, 1.807) is 6.92 Å². The van der Waals surface area contributed by atoms with Crippen LogP contribution in [0, 0.1) is 6.92 Å². The Kier molecular flexibility index (Phi) is 9.03. The van der Waals surface area contributed by atoms with Crippen LogP contribution in [0.25, 0.3) is 22.8 Å². The molecule has 0 aliphatic heterocycles. The monoisotopic (exact) mass is 597 g/mol. The number of carbonyl (C=O) groups is 1. The van der Waals surface area contributed by atoms with Gasteiger partial charge in [0.1, 0.15) is 5.75 Å². The number of esters is 1. The van der Waals surface area contributed by atoms with E-state index in [1.807, 2.05) is 48.5 Å². The zero-order valence-corrected chi connectivity index (χ0v) is 26.1. The molecule has 0 spiro atoms. The molecule has 0 radical (unpaired) electrons. The summed E-state index contributed by atoms with van der Waals surface area (Å²) in [6, 6.07) is 54.3. The van der Waals surface area contributed by atoms with Gasteiger partial charge in [-0.25, -0.2) is 4.79 Å². The second kappa shape index (κ2) is 13.8. The molecule has 0 aliphatic rings. The van der Waals surface area contributed by atoms with Gasteiger partial charge in [0.25, 0.3) is 0 Å². The molecular weight excluding hydrogens is 562 g/mol. The molecule has 6 aromatic carbocycles. The highest BCUT2D eigenvalue weighted by Gasteiger charge is 2.14. The largest absolute Gasteiger partial charge is 0.423 e. The third kappa shape index (κ3) is 7.06. The molecular formula is C43H35NO2. The molecule has 0 saturated carbocycles. The Morgan fingerprint density at radius 3 is 1.63 bits per heavy atom. The maximum Gasteiger partial charge on any atom is 0.338 e. The first-order valence-corrected chi connectivity index (χ1v) is 15.3. The van der Waals surface area contributed by atoms with Crippen LogP contribution in [0.15, 0.2) is 170 Å². The van der Waals surface area contributed by atoms with E-state index in [4.69, 9.17) is 4.74 Å². The molecule has 0 fully saturated rings. The van der Waals surface area contributed by atoms with Gasteiger partial charge in [0, 0.05) is 22.6 Å². The van der Waals surface area contributed by atoms with Crippen LogP contribution in [0.3, 0.4) is 0 Å². The normalized spacial score (nSPS) is 11.1. The Morgan fingerprint density at radius 2 is 1.07 bits per heavy atom. The lowest BCUT2D eigenvalue weighted by Crippen LogP contribution is -2.09. The average molecular weight is 598 g/mol. The number of aryl methyl sites for hydroxylation is 1. The first kappa shape index (κ1) is 30.1. The third-order valence-electron chi connectivity index (χ3n) is 7.80. The summed E-state index contributed by atoms with van der Waals surface area (Å²) in [5.74, 6) is 0.0556. The summed E-state index contributed by atoms with van der Waals surface area (Å²) in [5.41, 5.74) is 11.5. The number of carbonyl (C=O) groups excluding carboxylic acids is 1. The van der Waals surface area contributed by atoms with Crippen molar-refractivity contribution in [2.75, 3.05) is 4.90 Å². The van der Waals surface area contributed by atoms with E-state index in [1.165, 1.54) is 16.7 Å². The van der Waals surface area contributed by atoms with Crippen LogP contribution in [-0.2, 0) is 4.79 Å². The second-order valence-corrected chi connectivity index (χ2v) is 11.3. The molecule has 0 N–H and O–H groups in total. The van der Waals surface area contributed by atoms with Gasteiger partial charge >= 0.3 is 5.97 Å². The smallest absolute Gasteiger partial charge is 0.338 e. The number of hydrogen-bond donors (Lipinski definition) is 0. The van der Waals surface area contributed by atoms with Crippen LogP contribution < -0.4 is 9.64 Å². The summed E-state index contributed by atoms with van der Waals surface area (Å²) in [4.78, 5) is 14.3. The van der Waals surface area contributed by atoms with Crippen molar-refractivity contribution in [2.24, 2.45) is 0 Å². The molecule has 0 unspecified atom stereocenters. The Bertz CT molecular complexity index is 1960. The zero-order chi connectivity index (χ0) is 31.9. The molecule has 6 rings (SSSR count). The van der Waals surface area contributed by atoms with Crippen molar-refractivity contribution < 1.29 is 9.53 Å². The maximum absolute atomic E-state index is 12.0. The fraction of sp³-hybridized carbons (Fsp3) is 0.0465. The minimum absolute atomic E-state index is 0.363. The third-order valence-corrected chi connectivity index (χ3v) is 7.80. The van der Waals surface area contributed by atoms with E-state index in [0.29, 0.717) is 11.3 Å². The highest BCUT2D eigenvalue weighted by molar-refractivity contribution is 5.92. The van der Waals surface area contributed by atoms with Gasteiger partial charge < -0.3 is 9.64 Å². The van der Waals surface area contributed by atoms with E-state index in [-0.39, 0.29) is 0 Å². The molecule has 6 aromatic rings. The summed E-state index contributed by atoms with van der Waals surface area (Å²) in [7, 11) is 0. The molecule has 0 amide bonds. The number of benzene rings is 6. The summed E-state index contributed by atoms with van der Waals surface area (Å²) in [6.45, 7) is 7.41. The van der Waals surface area contributed by atoms with E-state index < -0.39 is 5.97 Å². The molecule has 46 heavy (non-hydrogen) atoms. The molecule has 0 aliphatic carbocycles. The molecule has 0 atom stereocenters. The van der Waals surface area contributed by atoms with Crippen molar-refractivity contribution in [3.63, 3.8) is 0 Å². The molecule has 224 valence electrons. The Labute approximate surface area is 271 Å². The van der Waals surface area contributed by atoms with E-state index in [2.05, 4.69) is 134 Å². The number of ether oxygens (including phenoxy) is 1. The van der Waals surface area contributed by atoms with Gasteiger partial charge in [-0.3, -0.25) is 0 Å². The lowest BCUT2D eigenvalue weighted by Gasteiger charge is -2.26. The fourth-order valence-electron chi connectivity index (χ4n) is 5.31. The van der Waals surface area contributed by atoms with Gasteiger partial charge in [-0.15, -0.1) is 0 Å². The first-order valence-electron chi connectivity index (χ1n) is 15.3. The predicted octanol–water partition coefficient (Wildman–Crippen LogP) is 11.2. The molecule has 3 heteroatoms. The zero-order valence-electron chi connectivity index (χ0n) is 26.1. The highest BCUT2D eigenvalue weighted by Crippen LogP contribution is 2.36.